The monoisotopic (exact) mass is 161 g/mol. The lowest BCUT2D eigenvalue weighted by Gasteiger charge is -1.99. The van der Waals surface area contributed by atoms with E-state index in [4.69, 9.17) is 0 Å². The van der Waals surface area contributed by atoms with Gasteiger partial charge in [-0.2, -0.15) is 5.10 Å². The molecule has 0 saturated heterocycles. The van der Waals surface area contributed by atoms with E-state index in [1.807, 2.05) is 0 Å². The van der Waals surface area contributed by atoms with Crippen LogP contribution in [0.3, 0.4) is 0 Å². The molecule has 59 valence electrons. The summed E-state index contributed by atoms with van der Waals surface area (Å²) in [6, 6.07) is 9.02. The van der Waals surface area contributed by atoms with Crippen LogP contribution in [-0.4, -0.2) is 9.78 Å². The highest BCUT2D eigenvalue weighted by Crippen LogP contribution is 2.07. The van der Waals surface area contributed by atoms with Crippen molar-refractivity contribution in [3.8, 4) is 5.69 Å². The Labute approximate surface area is 69.3 Å². The Morgan fingerprint density at radius 1 is 1.42 bits per heavy atom. The van der Waals surface area contributed by atoms with Crippen LogP contribution < -0.4 is 0 Å². The van der Waals surface area contributed by atoms with Gasteiger partial charge in [0, 0.05) is 12.3 Å². The fraction of sp³-hybridized carbons (Fsp3) is 0. The molecule has 1 radical (unpaired) electrons. The first kappa shape index (κ1) is 7.03. The van der Waals surface area contributed by atoms with Gasteiger partial charge in [0.15, 0.2) is 0 Å². The molecule has 1 aromatic heterocycles. The standard InChI is InChI=1S/C9H6FN2/c10-8-3-1-4-9(7-8)12-6-2-5-11-12/h1,3-7H. The Kier molecular flexibility index (Phi) is 1.63. The molecule has 0 bridgehead atoms. The number of hydrogen-bond donors (Lipinski definition) is 0. The third kappa shape index (κ3) is 1.21. The van der Waals surface area contributed by atoms with Gasteiger partial charge in [-0.15, -0.1) is 0 Å². The Morgan fingerprint density at radius 3 is 3.00 bits per heavy atom. The lowest BCUT2D eigenvalue weighted by Crippen LogP contribution is -1.93. The van der Waals surface area contributed by atoms with Gasteiger partial charge < -0.3 is 0 Å². The van der Waals surface area contributed by atoms with Gasteiger partial charge in [-0.05, 0) is 18.2 Å². The smallest absolute Gasteiger partial charge is 0.125 e. The average molecular weight is 161 g/mol. The summed E-state index contributed by atoms with van der Waals surface area (Å²) in [5.74, 6) is -0.261. The van der Waals surface area contributed by atoms with Crippen molar-refractivity contribution >= 4 is 0 Å². The molecule has 0 aliphatic heterocycles. The quantitative estimate of drug-likeness (QED) is 0.623. The van der Waals surface area contributed by atoms with Crippen LogP contribution in [0.15, 0.2) is 36.7 Å². The zero-order chi connectivity index (χ0) is 8.39. The first-order valence-electron chi connectivity index (χ1n) is 3.53. The first-order chi connectivity index (χ1) is 5.86. The van der Waals surface area contributed by atoms with Crippen LogP contribution >= 0.6 is 0 Å². The van der Waals surface area contributed by atoms with Crippen LogP contribution in [0, 0.1) is 11.9 Å². The molecule has 0 atom stereocenters. The number of halogens is 1. The topological polar surface area (TPSA) is 17.8 Å². The molecule has 0 unspecified atom stereocenters. The second-order valence-corrected chi connectivity index (χ2v) is 2.36. The Balaban J connectivity index is 2.48. The van der Waals surface area contributed by atoms with Gasteiger partial charge in [-0.25, -0.2) is 9.07 Å². The molecule has 0 aliphatic rings. The minimum absolute atomic E-state index is 0.261. The SMILES string of the molecule is Fc1cccc(-n2c[c]cn2)c1. The van der Waals surface area contributed by atoms with E-state index in [2.05, 4.69) is 11.2 Å². The van der Waals surface area contributed by atoms with Crippen LogP contribution in [-0.2, 0) is 0 Å². The van der Waals surface area contributed by atoms with Crippen molar-refractivity contribution in [1.82, 2.24) is 9.78 Å². The predicted octanol–water partition coefficient (Wildman–Crippen LogP) is 1.81. The van der Waals surface area contributed by atoms with Crippen molar-refractivity contribution in [2.45, 2.75) is 0 Å². The Morgan fingerprint density at radius 2 is 2.33 bits per heavy atom. The molecule has 2 rings (SSSR count). The van der Waals surface area contributed by atoms with Crippen molar-refractivity contribution in [2.24, 2.45) is 0 Å². The number of nitrogens with zero attached hydrogens (tertiary/aromatic N) is 2. The van der Waals surface area contributed by atoms with Crippen molar-refractivity contribution in [3.63, 3.8) is 0 Å². The summed E-state index contributed by atoms with van der Waals surface area (Å²) in [6.07, 6.45) is 3.18. The maximum atomic E-state index is 12.7. The van der Waals surface area contributed by atoms with E-state index in [1.165, 1.54) is 18.3 Å². The van der Waals surface area contributed by atoms with Gasteiger partial charge in [-0.1, -0.05) is 6.07 Å². The van der Waals surface area contributed by atoms with E-state index < -0.39 is 0 Å². The van der Waals surface area contributed by atoms with E-state index in [-0.39, 0.29) is 5.82 Å². The van der Waals surface area contributed by atoms with Crippen LogP contribution in [0.5, 0.6) is 0 Å². The summed E-state index contributed by atoms with van der Waals surface area (Å²) in [5.41, 5.74) is 0.705. The molecule has 0 aliphatic carbocycles. The van der Waals surface area contributed by atoms with Gasteiger partial charge in [0.1, 0.15) is 5.82 Å². The van der Waals surface area contributed by atoms with Gasteiger partial charge in [0.05, 0.1) is 11.9 Å². The summed E-state index contributed by atoms with van der Waals surface area (Å²) in [4.78, 5) is 0. The van der Waals surface area contributed by atoms with E-state index in [0.717, 1.165) is 0 Å². The number of aromatic nitrogens is 2. The molecular formula is C9H6FN2. The molecule has 0 amide bonds. The molecule has 2 nitrogen and oxygen atoms in total. The molecule has 3 heteroatoms. The summed E-state index contributed by atoms with van der Waals surface area (Å²) in [5, 5.41) is 3.92. The van der Waals surface area contributed by atoms with Gasteiger partial charge in [-0.3, -0.25) is 0 Å². The van der Waals surface area contributed by atoms with Crippen molar-refractivity contribution in [3.05, 3.63) is 48.5 Å². The highest BCUT2D eigenvalue weighted by Gasteiger charge is 1.96. The van der Waals surface area contributed by atoms with Crippen LogP contribution in [0.2, 0.25) is 0 Å². The predicted molar refractivity (Wildman–Crippen MR) is 42.4 cm³/mol. The number of benzene rings is 1. The minimum Gasteiger partial charge on any atom is -0.240 e. The highest BCUT2D eigenvalue weighted by molar-refractivity contribution is 5.30. The average Bonchev–Trinajstić information content (AvgIpc) is 2.56. The van der Waals surface area contributed by atoms with Crippen molar-refractivity contribution in [2.75, 3.05) is 0 Å². The van der Waals surface area contributed by atoms with E-state index in [1.54, 1.807) is 23.0 Å². The van der Waals surface area contributed by atoms with E-state index in [9.17, 15) is 4.39 Å². The molecule has 1 heterocycles. The third-order valence-electron chi connectivity index (χ3n) is 1.53. The third-order valence-corrected chi connectivity index (χ3v) is 1.53. The number of rotatable bonds is 1. The Bertz CT molecular complexity index is 368. The molecule has 12 heavy (non-hydrogen) atoms. The molecule has 0 N–H and O–H groups in total. The zero-order valence-electron chi connectivity index (χ0n) is 6.24. The zero-order valence-corrected chi connectivity index (χ0v) is 6.24. The van der Waals surface area contributed by atoms with Crippen molar-refractivity contribution < 1.29 is 4.39 Å². The summed E-state index contributed by atoms with van der Waals surface area (Å²) in [6.45, 7) is 0. The highest BCUT2D eigenvalue weighted by atomic mass is 19.1. The second kappa shape index (κ2) is 2.77. The second-order valence-electron chi connectivity index (χ2n) is 2.36. The summed E-state index contributed by atoms with van der Waals surface area (Å²) >= 11 is 0. The maximum Gasteiger partial charge on any atom is 0.125 e. The maximum absolute atomic E-state index is 12.7. The van der Waals surface area contributed by atoms with Crippen molar-refractivity contribution in [1.29, 1.82) is 0 Å². The largest absolute Gasteiger partial charge is 0.240 e. The van der Waals surface area contributed by atoms with Crippen LogP contribution in [0.25, 0.3) is 5.69 Å². The van der Waals surface area contributed by atoms with Crippen LogP contribution in [0.1, 0.15) is 0 Å². The Hall–Kier alpha value is -1.64. The number of hydrogen-bond acceptors (Lipinski definition) is 1. The van der Waals surface area contributed by atoms with Gasteiger partial charge in [0.2, 0.25) is 0 Å². The molecule has 0 spiro atoms. The summed E-state index contributed by atoms with van der Waals surface area (Å²) in [7, 11) is 0. The molecule has 1 aromatic carbocycles. The van der Waals surface area contributed by atoms with Crippen LogP contribution in [0.4, 0.5) is 4.39 Å². The van der Waals surface area contributed by atoms with E-state index in [0.29, 0.717) is 5.69 Å². The lowest BCUT2D eigenvalue weighted by molar-refractivity contribution is 0.625. The molecule has 0 fully saturated rings. The minimum atomic E-state index is -0.261. The first-order valence-corrected chi connectivity index (χ1v) is 3.53. The van der Waals surface area contributed by atoms with Gasteiger partial charge >= 0.3 is 0 Å². The fourth-order valence-corrected chi connectivity index (χ4v) is 0.993. The lowest BCUT2D eigenvalue weighted by atomic mass is 10.3. The molecule has 2 aromatic rings. The molecule has 0 saturated carbocycles. The normalized spacial score (nSPS) is 10.1. The molecular weight excluding hydrogens is 155 g/mol. The van der Waals surface area contributed by atoms with E-state index >= 15 is 0 Å². The summed E-state index contributed by atoms with van der Waals surface area (Å²) < 4.78 is 14.3. The van der Waals surface area contributed by atoms with Gasteiger partial charge in [0.25, 0.3) is 0 Å². The fourth-order valence-electron chi connectivity index (χ4n) is 0.993.